The predicted molar refractivity (Wildman–Crippen MR) is 76.8 cm³/mol. The number of nitrogens with zero attached hydrogens (tertiary/aromatic N) is 1. The van der Waals surface area contributed by atoms with Gasteiger partial charge in [-0.2, -0.15) is 0 Å². The first-order valence-corrected chi connectivity index (χ1v) is 8.00. The summed E-state index contributed by atoms with van der Waals surface area (Å²) in [4.78, 5) is 14.3. The van der Waals surface area contributed by atoms with Crippen LogP contribution in [0, 0.1) is 11.8 Å². The Morgan fingerprint density at radius 2 is 1.79 bits per heavy atom. The lowest BCUT2D eigenvalue weighted by Gasteiger charge is -2.37. The van der Waals surface area contributed by atoms with Crippen molar-refractivity contribution in [2.24, 2.45) is 11.8 Å². The highest BCUT2D eigenvalue weighted by atomic mass is 16.3. The largest absolute Gasteiger partial charge is 0.389 e. The van der Waals surface area contributed by atoms with Crippen LogP contribution in [-0.4, -0.2) is 34.6 Å². The van der Waals surface area contributed by atoms with Crippen LogP contribution >= 0.6 is 0 Å². The zero-order valence-electron chi connectivity index (χ0n) is 12.5. The lowest BCUT2D eigenvalue weighted by molar-refractivity contribution is -0.139. The Balaban J connectivity index is 1.81. The summed E-state index contributed by atoms with van der Waals surface area (Å²) in [6.07, 6.45) is 7.56. The van der Waals surface area contributed by atoms with Crippen molar-refractivity contribution in [2.45, 2.75) is 70.8 Å². The number of piperidine rings is 1. The van der Waals surface area contributed by atoms with Crippen LogP contribution in [0.15, 0.2) is 0 Å². The molecule has 0 bridgehead atoms. The van der Waals surface area contributed by atoms with Crippen molar-refractivity contribution in [1.82, 2.24) is 4.90 Å². The number of hydrogen-bond donors (Lipinski definition) is 1. The summed E-state index contributed by atoms with van der Waals surface area (Å²) in [7, 11) is 0. The molecule has 0 aromatic carbocycles. The van der Waals surface area contributed by atoms with Gasteiger partial charge in [0.15, 0.2) is 0 Å². The lowest BCUT2D eigenvalue weighted by Crippen LogP contribution is -2.44. The second kappa shape index (κ2) is 6.25. The maximum absolute atomic E-state index is 12.3. The molecule has 110 valence electrons. The maximum Gasteiger partial charge on any atom is 0.225 e. The topological polar surface area (TPSA) is 40.5 Å². The van der Waals surface area contributed by atoms with E-state index in [-0.39, 0.29) is 5.91 Å². The van der Waals surface area contributed by atoms with Gasteiger partial charge in [0, 0.05) is 13.1 Å². The number of likely N-dealkylation sites (tertiary alicyclic amines) is 1. The molecule has 0 aromatic heterocycles. The standard InChI is InChI=1S/C16H29NO2/c1-13(2)14-6-10-17(11-7-14)15(18)12-16(19)8-4-3-5-9-16/h13-14,19H,3-12H2,1-2H3. The quantitative estimate of drug-likeness (QED) is 0.854. The molecule has 2 rings (SSSR count). The van der Waals surface area contributed by atoms with Gasteiger partial charge in [-0.25, -0.2) is 0 Å². The Morgan fingerprint density at radius 1 is 1.21 bits per heavy atom. The molecule has 1 saturated heterocycles. The van der Waals surface area contributed by atoms with E-state index in [0.717, 1.165) is 63.5 Å². The van der Waals surface area contributed by atoms with E-state index in [2.05, 4.69) is 13.8 Å². The fraction of sp³-hybridized carbons (Fsp3) is 0.938. The van der Waals surface area contributed by atoms with Gasteiger partial charge in [-0.05, 0) is 37.5 Å². The predicted octanol–water partition coefficient (Wildman–Crippen LogP) is 2.97. The van der Waals surface area contributed by atoms with Crippen molar-refractivity contribution in [3.8, 4) is 0 Å². The lowest BCUT2D eigenvalue weighted by atomic mass is 9.81. The van der Waals surface area contributed by atoms with Crippen molar-refractivity contribution in [1.29, 1.82) is 0 Å². The van der Waals surface area contributed by atoms with Gasteiger partial charge in [0.05, 0.1) is 12.0 Å². The number of rotatable bonds is 3. The van der Waals surface area contributed by atoms with Crippen LogP contribution in [0.2, 0.25) is 0 Å². The van der Waals surface area contributed by atoms with Crippen molar-refractivity contribution in [3.05, 3.63) is 0 Å². The third-order valence-electron chi connectivity index (χ3n) is 5.10. The summed E-state index contributed by atoms with van der Waals surface area (Å²) in [6, 6.07) is 0. The highest BCUT2D eigenvalue weighted by Gasteiger charge is 2.34. The Kier molecular flexibility index (Phi) is 4.88. The van der Waals surface area contributed by atoms with Crippen molar-refractivity contribution in [3.63, 3.8) is 0 Å². The van der Waals surface area contributed by atoms with E-state index in [9.17, 15) is 9.90 Å². The summed E-state index contributed by atoms with van der Waals surface area (Å²) in [5.74, 6) is 1.66. The zero-order valence-corrected chi connectivity index (χ0v) is 12.5. The van der Waals surface area contributed by atoms with E-state index in [0.29, 0.717) is 6.42 Å². The van der Waals surface area contributed by atoms with Gasteiger partial charge in [-0.1, -0.05) is 33.1 Å². The van der Waals surface area contributed by atoms with E-state index in [1.54, 1.807) is 0 Å². The molecule has 3 heteroatoms. The van der Waals surface area contributed by atoms with Gasteiger partial charge in [-0.15, -0.1) is 0 Å². The first kappa shape index (κ1) is 14.8. The highest BCUT2D eigenvalue weighted by Crippen LogP contribution is 2.32. The summed E-state index contributed by atoms with van der Waals surface area (Å²) >= 11 is 0. The molecule has 1 saturated carbocycles. The van der Waals surface area contributed by atoms with Crippen molar-refractivity contribution >= 4 is 5.91 Å². The normalized spacial score (nSPS) is 24.7. The molecule has 2 fully saturated rings. The fourth-order valence-electron chi connectivity index (χ4n) is 3.60. The molecule has 0 radical (unpaired) electrons. The first-order chi connectivity index (χ1) is 9.00. The van der Waals surface area contributed by atoms with E-state index in [1.807, 2.05) is 4.90 Å². The number of amides is 1. The van der Waals surface area contributed by atoms with Crippen LogP contribution in [-0.2, 0) is 4.79 Å². The Bertz CT molecular complexity index is 300. The molecule has 1 amide bonds. The van der Waals surface area contributed by atoms with Gasteiger partial charge >= 0.3 is 0 Å². The summed E-state index contributed by atoms with van der Waals surface area (Å²) in [5.41, 5.74) is -0.704. The van der Waals surface area contributed by atoms with E-state index >= 15 is 0 Å². The average molecular weight is 267 g/mol. The van der Waals surface area contributed by atoms with Crippen LogP contribution in [0.1, 0.15) is 65.2 Å². The summed E-state index contributed by atoms with van der Waals surface area (Å²) in [5, 5.41) is 10.5. The van der Waals surface area contributed by atoms with Gasteiger partial charge in [-0.3, -0.25) is 4.79 Å². The summed E-state index contributed by atoms with van der Waals surface area (Å²) < 4.78 is 0. The fourth-order valence-corrected chi connectivity index (χ4v) is 3.60. The SMILES string of the molecule is CC(C)C1CCN(C(=O)CC2(O)CCCCC2)CC1. The van der Waals surface area contributed by atoms with Crippen LogP contribution in [0.25, 0.3) is 0 Å². The molecule has 3 nitrogen and oxygen atoms in total. The van der Waals surface area contributed by atoms with Crippen LogP contribution in [0.5, 0.6) is 0 Å². The van der Waals surface area contributed by atoms with Gasteiger partial charge < -0.3 is 10.0 Å². The van der Waals surface area contributed by atoms with E-state index in [1.165, 1.54) is 6.42 Å². The molecule has 1 aliphatic heterocycles. The molecule has 2 aliphatic rings. The molecule has 0 atom stereocenters. The molecule has 19 heavy (non-hydrogen) atoms. The highest BCUT2D eigenvalue weighted by molar-refractivity contribution is 5.77. The number of carbonyl (C=O) groups is 1. The number of hydrogen-bond acceptors (Lipinski definition) is 2. The van der Waals surface area contributed by atoms with Crippen LogP contribution in [0.4, 0.5) is 0 Å². The minimum absolute atomic E-state index is 0.173. The molecule has 0 aromatic rings. The Hall–Kier alpha value is -0.570. The van der Waals surface area contributed by atoms with E-state index < -0.39 is 5.60 Å². The number of aliphatic hydroxyl groups is 1. The second-order valence-corrected chi connectivity index (χ2v) is 6.92. The smallest absolute Gasteiger partial charge is 0.225 e. The monoisotopic (exact) mass is 267 g/mol. The van der Waals surface area contributed by atoms with Crippen molar-refractivity contribution < 1.29 is 9.90 Å². The third-order valence-corrected chi connectivity index (χ3v) is 5.10. The Labute approximate surface area is 117 Å². The Morgan fingerprint density at radius 3 is 2.32 bits per heavy atom. The van der Waals surface area contributed by atoms with Gasteiger partial charge in [0.1, 0.15) is 0 Å². The molecule has 0 unspecified atom stereocenters. The molecule has 1 heterocycles. The summed E-state index contributed by atoms with van der Waals surface area (Å²) in [6.45, 7) is 6.31. The molecule has 1 N–H and O–H groups in total. The average Bonchev–Trinajstić information content (AvgIpc) is 2.39. The van der Waals surface area contributed by atoms with Gasteiger partial charge in [0.2, 0.25) is 5.91 Å². The van der Waals surface area contributed by atoms with Crippen molar-refractivity contribution in [2.75, 3.05) is 13.1 Å². The van der Waals surface area contributed by atoms with E-state index in [4.69, 9.17) is 0 Å². The molecular formula is C16H29NO2. The molecule has 1 aliphatic carbocycles. The number of carbonyl (C=O) groups excluding carboxylic acids is 1. The second-order valence-electron chi connectivity index (χ2n) is 6.92. The zero-order chi connectivity index (χ0) is 13.9. The third kappa shape index (κ3) is 3.95. The molecule has 0 spiro atoms. The van der Waals surface area contributed by atoms with Crippen LogP contribution < -0.4 is 0 Å². The van der Waals surface area contributed by atoms with Crippen LogP contribution in [0.3, 0.4) is 0 Å². The maximum atomic E-state index is 12.3. The first-order valence-electron chi connectivity index (χ1n) is 8.00. The minimum atomic E-state index is -0.704. The minimum Gasteiger partial charge on any atom is -0.389 e. The van der Waals surface area contributed by atoms with Gasteiger partial charge in [0.25, 0.3) is 0 Å². The molecular weight excluding hydrogens is 238 g/mol.